The van der Waals surface area contributed by atoms with Crippen LogP contribution in [0.25, 0.3) is 0 Å². The van der Waals surface area contributed by atoms with Crippen LogP contribution in [0.1, 0.15) is 82.5 Å². The first kappa shape index (κ1) is 43.4. The second-order valence-corrected chi connectivity index (χ2v) is 18.8. The fraction of sp³-hybridized carbons (Fsp3) is 0.703. The second-order valence-electron chi connectivity index (χ2n) is 16.8. The average Bonchev–Trinajstić information content (AvgIpc) is 3.27. The maximum Gasteiger partial charge on any atom is 0.397 e. The Bertz CT molecular complexity index is 1930. The number of carbonyl (C=O) groups excluding carboxylic acids is 2. The standard InChI is InChI=1S/C37H50O18S2/c1-18(2)13-28(39)53-31-30(55-57(47,48)49)29(54-56(44,45)46)26(17-50-34(43)20-5-8-22(38)9-6-20)52-35(31)51-23-14-24(33(41)42)25-11-12-37-15-21(19(3)32(37)40)7-10-27(37)36(25,4)16-23/h5-6,8-9,18,21,23-27,29-32,35,38,40H,3,7,10-17H2,1-2,4H3,(H,41,42)(H,44,45,46)(H,47,48,49)/t21-,23-,24-,25-,26-,27+,29-,30+,31-,32-,35-,36-,37-/m1/s1. The van der Waals surface area contributed by atoms with Crippen molar-refractivity contribution in [3.8, 4) is 5.75 Å². The zero-order valence-corrected chi connectivity index (χ0v) is 33.3. The number of fused-ring (bicyclic) bond motifs is 3. The molecule has 5 N–H and O–H groups in total. The molecule has 18 nitrogen and oxygen atoms in total. The smallest absolute Gasteiger partial charge is 0.397 e. The van der Waals surface area contributed by atoms with Crippen LogP contribution < -0.4 is 0 Å². The number of esters is 2. The van der Waals surface area contributed by atoms with E-state index in [4.69, 9.17) is 27.3 Å². The molecule has 1 spiro atoms. The SMILES string of the molecule is C=C1[C@@H]2CC[C@H]3[C@]4(C)C[C@H](O[C@@H]5O[C@H](COC(=O)c6ccc(O)cc6)[C@@H](OS(=O)(=O)O)[C@H](OS(=O)(=O)O)[C@H]5OC(=O)CC(C)C)C[C@@H](C(=O)O)[C@H]4CC[C@]3(C2)[C@@H]1O. The van der Waals surface area contributed by atoms with Gasteiger partial charge in [0, 0.05) is 11.8 Å². The molecule has 20 heteroatoms. The number of hydrogen-bond donors (Lipinski definition) is 5. The van der Waals surface area contributed by atoms with Gasteiger partial charge >= 0.3 is 38.7 Å². The van der Waals surface area contributed by atoms with Crippen LogP contribution in [0.4, 0.5) is 0 Å². The monoisotopic (exact) mass is 846 g/mol. The number of phenolic OH excluding ortho intramolecular Hbond substituents is 1. The van der Waals surface area contributed by atoms with E-state index in [0.717, 1.165) is 18.4 Å². The van der Waals surface area contributed by atoms with Crippen LogP contribution in [0.5, 0.6) is 5.75 Å². The molecule has 1 heterocycles. The maximum atomic E-state index is 13.2. The van der Waals surface area contributed by atoms with E-state index < -0.39 is 105 Å². The van der Waals surface area contributed by atoms with E-state index in [1.807, 2.05) is 6.92 Å². The Hall–Kier alpha value is -3.21. The van der Waals surface area contributed by atoms with Crippen molar-refractivity contribution in [1.82, 2.24) is 0 Å². The number of aliphatic hydroxyl groups is 1. The van der Waals surface area contributed by atoms with Gasteiger partial charge in [-0.2, -0.15) is 16.8 Å². The van der Waals surface area contributed by atoms with E-state index in [-0.39, 0.29) is 54.2 Å². The molecule has 1 aliphatic heterocycles. The van der Waals surface area contributed by atoms with Crippen molar-refractivity contribution in [3.63, 3.8) is 0 Å². The summed E-state index contributed by atoms with van der Waals surface area (Å²) in [6.07, 6.45) is -8.96. The lowest BCUT2D eigenvalue weighted by atomic mass is 9.43. The summed E-state index contributed by atoms with van der Waals surface area (Å²) >= 11 is 0. The maximum absolute atomic E-state index is 13.2. The molecule has 1 aromatic carbocycles. The molecule has 4 saturated carbocycles. The Balaban J connectivity index is 1.38. The minimum Gasteiger partial charge on any atom is -0.508 e. The first-order valence-corrected chi connectivity index (χ1v) is 21.6. The molecule has 318 valence electrons. The van der Waals surface area contributed by atoms with E-state index in [1.165, 1.54) is 24.3 Å². The van der Waals surface area contributed by atoms with E-state index >= 15 is 0 Å². The molecule has 6 rings (SSSR count). The summed E-state index contributed by atoms with van der Waals surface area (Å²) in [6, 6.07) is 4.81. The predicted molar refractivity (Wildman–Crippen MR) is 194 cm³/mol. The molecule has 1 aromatic rings. The van der Waals surface area contributed by atoms with E-state index in [9.17, 15) is 55.6 Å². The molecule has 0 unspecified atom stereocenters. The highest BCUT2D eigenvalue weighted by molar-refractivity contribution is 7.81. The summed E-state index contributed by atoms with van der Waals surface area (Å²) in [5.74, 6) is -4.78. The molecule has 0 radical (unpaired) electrons. The number of benzene rings is 1. The van der Waals surface area contributed by atoms with Crippen molar-refractivity contribution >= 4 is 38.7 Å². The number of aliphatic hydroxyl groups excluding tert-OH is 1. The highest BCUT2D eigenvalue weighted by Gasteiger charge is 2.67. The lowest BCUT2D eigenvalue weighted by molar-refractivity contribution is -0.315. The largest absolute Gasteiger partial charge is 0.508 e. The number of aromatic hydroxyl groups is 1. The van der Waals surface area contributed by atoms with Gasteiger partial charge in [-0.25, -0.2) is 13.2 Å². The molecule has 2 bridgehead atoms. The number of hydrogen-bond acceptors (Lipinski definition) is 15. The predicted octanol–water partition coefficient (Wildman–Crippen LogP) is 3.24. The van der Waals surface area contributed by atoms with Crippen LogP contribution in [0, 0.1) is 40.4 Å². The zero-order valence-electron chi connectivity index (χ0n) is 31.7. The molecular weight excluding hydrogens is 797 g/mol. The van der Waals surface area contributed by atoms with Gasteiger partial charge in [-0.05, 0) is 104 Å². The summed E-state index contributed by atoms with van der Waals surface area (Å²) in [6.45, 7) is 8.59. The van der Waals surface area contributed by atoms with E-state index in [2.05, 4.69) is 6.58 Å². The minimum absolute atomic E-state index is 0.0742. The lowest BCUT2D eigenvalue weighted by Crippen LogP contribution is -2.64. The van der Waals surface area contributed by atoms with Gasteiger partial charge in [0.05, 0.1) is 23.7 Å². The molecule has 5 aliphatic rings. The first-order chi connectivity index (χ1) is 26.5. The van der Waals surface area contributed by atoms with Crippen molar-refractivity contribution in [2.75, 3.05) is 6.61 Å². The van der Waals surface area contributed by atoms with Gasteiger partial charge < -0.3 is 34.3 Å². The van der Waals surface area contributed by atoms with Gasteiger partial charge in [-0.3, -0.25) is 18.7 Å². The Morgan fingerprint density at radius 3 is 2.23 bits per heavy atom. The highest BCUT2D eigenvalue weighted by Crippen LogP contribution is 2.70. The van der Waals surface area contributed by atoms with Crippen LogP contribution >= 0.6 is 0 Å². The molecule has 0 aromatic heterocycles. The molecule has 13 atom stereocenters. The summed E-state index contributed by atoms with van der Waals surface area (Å²) in [7, 11) is -11.0. The van der Waals surface area contributed by atoms with Gasteiger partial charge in [-0.1, -0.05) is 27.4 Å². The van der Waals surface area contributed by atoms with Crippen LogP contribution in [-0.4, -0.2) is 109 Å². The number of carboxylic acid groups (broad SMARTS) is 1. The van der Waals surface area contributed by atoms with E-state index in [0.29, 0.717) is 19.3 Å². The zero-order chi connectivity index (χ0) is 41.8. The van der Waals surface area contributed by atoms with Crippen molar-refractivity contribution in [3.05, 3.63) is 42.0 Å². The van der Waals surface area contributed by atoms with Gasteiger partial charge in [0.25, 0.3) is 0 Å². The molecule has 0 amide bonds. The molecular formula is C37H50O18S2. The fourth-order valence-electron chi connectivity index (χ4n) is 10.6. The Kier molecular flexibility index (Phi) is 12.2. The summed E-state index contributed by atoms with van der Waals surface area (Å²) in [5.41, 5.74) is -0.536. The molecule has 1 saturated heterocycles. The quantitative estimate of drug-likeness (QED) is 0.0825. The van der Waals surface area contributed by atoms with Gasteiger partial charge in [0.15, 0.2) is 18.5 Å². The van der Waals surface area contributed by atoms with Crippen molar-refractivity contribution in [2.24, 2.45) is 40.4 Å². The Labute approximate surface area is 330 Å². The summed E-state index contributed by atoms with van der Waals surface area (Å²) in [5, 5.41) is 31.8. The third-order valence-corrected chi connectivity index (χ3v) is 13.7. The van der Waals surface area contributed by atoms with Crippen molar-refractivity contribution < 1.29 is 83.0 Å². The number of carboxylic acids is 1. The first-order valence-electron chi connectivity index (χ1n) is 18.9. The number of phenols is 1. The summed E-state index contributed by atoms with van der Waals surface area (Å²) < 4.78 is 102. The Morgan fingerprint density at radius 2 is 1.61 bits per heavy atom. The average molecular weight is 847 g/mol. The fourth-order valence-corrected chi connectivity index (χ4v) is 11.7. The molecule has 57 heavy (non-hydrogen) atoms. The van der Waals surface area contributed by atoms with Crippen LogP contribution in [-0.2, 0) is 57.7 Å². The number of carbonyl (C=O) groups is 3. The normalized spacial score (nSPS) is 37.9. The van der Waals surface area contributed by atoms with Gasteiger partial charge in [0.1, 0.15) is 24.6 Å². The number of aliphatic carboxylic acids is 1. The van der Waals surface area contributed by atoms with Crippen LogP contribution in [0.3, 0.4) is 0 Å². The Morgan fingerprint density at radius 1 is 0.965 bits per heavy atom. The summed E-state index contributed by atoms with van der Waals surface area (Å²) in [4.78, 5) is 39.1. The van der Waals surface area contributed by atoms with E-state index in [1.54, 1.807) is 13.8 Å². The van der Waals surface area contributed by atoms with Gasteiger partial charge in [0.2, 0.25) is 0 Å². The highest BCUT2D eigenvalue weighted by atomic mass is 32.3. The number of rotatable bonds is 13. The molecule has 5 fully saturated rings. The van der Waals surface area contributed by atoms with Crippen molar-refractivity contribution in [1.29, 1.82) is 0 Å². The van der Waals surface area contributed by atoms with Crippen LogP contribution in [0.2, 0.25) is 0 Å². The lowest BCUT2D eigenvalue weighted by Gasteiger charge is -2.62. The van der Waals surface area contributed by atoms with Crippen LogP contribution in [0.15, 0.2) is 36.4 Å². The third kappa shape index (κ3) is 9.03. The van der Waals surface area contributed by atoms with Gasteiger partial charge in [-0.15, -0.1) is 0 Å². The number of ether oxygens (including phenoxy) is 4. The second kappa shape index (κ2) is 16.1. The third-order valence-electron chi connectivity index (χ3n) is 12.8. The molecule has 4 aliphatic carbocycles. The minimum atomic E-state index is -5.54. The van der Waals surface area contributed by atoms with Crippen molar-refractivity contribution in [2.45, 2.75) is 115 Å². The topological polar surface area (TPSA) is 276 Å².